The second-order valence-electron chi connectivity index (χ2n) is 10.0. The van der Waals surface area contributed by atoms with Gasteiger partial charge in [-0.25, -0.2) is 14.8 Å². The number of anilines is 3. The number of rotatable bonds is 5. The van der Waals surface area contributed by atoms with Gasteiger partial charge in [-0.15, -0.1) is 0 Å². The van der Waals surface area contributed by atoms with Gasteiger partial charge in [-0.2, -0.15) is 0 Å². The number of para-hydroxylation sites is 2. The molecule has 0 bridgehead atoms. The number of H-pyrrole nitrogens is 1. The molecule has 8 nitrogen and oxygen atoms in total. The molecule has 0 spiro atoms. The van der Waals surface area contributed by atoms with E-state index in [1.807, 2.05) is 30.5 Å². The summed E-state index contributed by atoms with van der Waals surface area (Å²) in [5, 5.41) is 7.29. The molecular formula is C28H33N7O. The first-order valence-electron chi connectivity index (χ1n) is 13.1. The zero-order valence-corrected chi connectivity index (χ0v) is 20.5. The maximum Gasteiger partial charge on any atom is 0.323 e. The number of piperidine rings is 1. The third-order valence-corrected chi connectivity index (χ3v) is 7.68. The SMILES string of the molecule is O=C(NC1=CC=CC([C@@H]2CCCN(c3ncnc4[nH]ccc34)C2)C1)Nc1ccccc1N1CCCC1. The Bertz CT molecular complexity index is 1290. The van der Waals surface area contributed by atoms with Crippen LogP contribution in [0.25, 0.3) is 11.0 Å². The number of carbonyl (C=O) groups is 1. The monoisotopic (exact) mass is 483 g/mol. The lowest BCUT2D eigenvalue weighted by molar-refractivity contribution is 0.253. The number of aromatic nitrogens is 3. The Balaban J connectivity index is 1.09. The summed E-state index contributed by atoms with van der Waals surface area (Å²) in [4.78, 5) is 29.8. The number of allylic oxidation sites excluding steroid dienone is 4. The van der Waals surface area contributed by atoms with Crippen LogP contribution in [0.3, 0.4) is 0 Å². The van der Waals surface area contributed by atoms with Crippen molar-refractivity contribution in [2.24, 2.45) is 11.8 Å². The fraction of sp³-hybridized carbons (Fsp3) is 0.393. The molecule has 1 aromatic carbocycles. The van der Waals surface area contributed by atoms with Crippen molar-refractivity contribution in [2.45, 2.75) is 32.1 Å². The minimum absolute atomic E-state index is 0.178. The maximum atomic E-state index is 12.9. The van der Waals surface area contributed by atoms with Gasteiger partial charge < -0.3 is 25.4 Å². The molecule has 3 aliphatic rings. The predicted octanol–water partition coefficient (Wildman–Crippen LogP) is 5.06. The van der Waals surface area contributed by atoms with Gasteiger partial charge in [0.1, 0.15) is 17.8 Å². The van der Waals surface area contributed by atoms with Crippen LogP contribution in [0.5, 0.6) is 0 Å². The quantitative estimate of drug-likeness (QED) is 0.472. The number of urea groups is 1. The molecule has 0 saturated carbocycles. The number of nitrogens with one attached hydrogen (secondary N) is 3. The Morgan fingerprint density at radius 2 is 1.86 bits per heavy atom. The summed E-state index contributed by atoms with van der Waals surface area (Å²) in [5.41, 5.74) is 3.81. The van der Waals surface area contributed by atoms with Crippen molar-refractivity contribution >= 4 is 34.3 Å². The van der Waals surface area contributed by atoms with E-state index in [1.54, 1.807) is 6.33 Å². The molecule has 2 fully saturated rings. The van der Waals surface area contributed by atoms with Gasteiger partial charge in [0.2, 0.25) is 0 Å². The number of aromatic amines is 1. The molecule has 2 saturated heterocycles. The average Bonchev–Trinajstić information content (AvgIpc) is 3.62. The second kappa shape index (κ2) is 10.0. The molecule has 1 unspecified atom stereocenters. The molecule has 3 aromatic rings. The van der Waals surface area contributed by atoms with Crippen molar-refractivity contribution in [3.63, 3.8) is 0 Å². The van der Waals surface area contributed by atoms with Gasteiger partial charge in [0.15, 0.2) is 0 Å². The molecule has 2 amide bonds. The Hall–Kier alpha value is -3.81. The number of nitrogens with zero attached hydrogens (tertiary/aromatic N) is 4. The molecule has 2 atom stereocenters. The Morgan fingerprint density at radius 3 is 2.78 bits per heavy atom. The van der Waals surface area contributed by atoms with Gasteiger partial charge >= 0.3 is 6.03 Å². The van der Waals surface area contributed by atoms with Crippen molar-refractivity contribution in [3.8, 4) is 0 Å². The topological polar surface area (TPSA) is 89.2 Å². The highest BCUT2D eigenvalue weighted by Crippen LogP contribution is 2.34. The third-order valence-electron chi connectivity index (χ3n) is 7.68. The minimum Gasteiger partial charge on any atom is -0.370 e. The van der Waals surface area contributed by atoms with E-state index in [9.17, 15) is 4.79 Å². The Labute approximate surface area is 211 Å². The van der Waals surface area contributed by atoms with Crippen molar-refractivity contribution in [2.75, 3.05) is 41.3 Å². The molecule has 6 rings (SSSR count). The summed E-state index contributed by atoms with van der Waals surface area (Å²) in [6.07, 6.45) is 15.5. The van der Waals surface area contributed by atoms with Crippen LogP contribution in [0, 0.1) is 11.8 Å². The largest absolute Gasteiger partial charge is 0.370 e. The molecular weight excluding hydrogens is 450 g/mol. The lowest BCUT2D eigenvalue weighted by Gasteiger charge is -2.37. The molecule has 3 N–H and O–H groups in total. The highest BCUT2D eigenvalue weighted by Gasteiger charge is 2.29. The van der Waals surface area contributed by atoms with Gasteiger partial charge in [-0.1, -0.05) is 24.3 Å². The zero-order chi connectivity index (χ0) is 24.3. The van der Waals surface area contributed by atoms with Crippen LogP contribution in [0.4, 0.5) is 22.0 Å². The van der Waals surface area contributed by atoms with E-state index in [0.29, 0.717) is 11.8 Å². The van der Waals surface area contributed by atoms with E-state index in [-0.39, 0.29) is 6.03 Å². The van der Waals surface area contributed by atoms with Crippen LogP contribution in [0.2, 0.25) is 0 Å². The molecule has 36 heavy (non-hydrogen) atoms. The van der Waals surface area contributed by atoms with E-state index in [4.69, 9.17) is 0 Å². The zero-order valence-electron chi connectivity index (χ0n) is 20.5. The molecule has 1 aliphatic carbocycles. The summed E-state index contributed by atoms with van der Waals surface area (Å²) in [6, 6.07) is 9.96. The number of benzene rings is 1. The third kappa shape index (κ3) is 4.67. The second-order valence-corrected chi connectivity index (χ2v) is 10.0. The lowest BCUT2D eigenvalue weighted by atomic mass is 9.81. The van der Waals surface area contributed by atoms with Gasteiger partial charge in [0.05, 0.1) is 16.8 Å². The average molecular weight is 484 g/mol. The summed E-state index contributed by atoms with van der Waals surface area (Å²) < 4.78 is 0. The van der Waals surface area contributed by atoms with Gasteiger partial charge in [-0.05, 0) is 68.2 Å². The lowest BCUT2D eigenvalue weighted by Crippen LogP contribution is -2.40. The molecule has 0 radical (unpaired) electrons. The number of carbonyl (C=O) groups excluding carboxylic acids is 1. The van der Waals surface area contributed by atoms with E-state index in [1.165, 1.54) is 19.3 Å². The van der Waals surface area contributed by atoms with Crippen LogP contribution in [-0.2, 0) is 0 Å². The highest BCUT2D eigenvalue weighted by molar-refractivity contribution is 5.94. The van der Waals surface area contributed by atoms with Crippen molar-refractivity contribution in [1.82, 2.24) is 20.3 Å². The summed E-state index contributed by atoms with van der Waals surface area (Å²) >= 11 is 0. The van der Waals surface area contributed by atoms with Crippen molar-refractivity contribution in [1.29, 1.82) is 0 Å². The van der Waals surface area contributed by atoms with Crippen molar-refractivity contribution in [3.05, 3.63) is 66.8 Å². The first kappa shape index (κ1) is 22.6. The maximum absolute atomic E-state index is 12.9. The van der Waals surface area contributed by atoms with Crippen LogP contribution in [0.1, 0.15) is 32.1 Å². The summed E-state index contributed by atoms with van der Waals surface area (Å²) in [5.74, 6) is 1.90. The summed E-state index contributed by atoms with van der Waals surface area (Å²) in [6.45, 7) is 4.04. The molecule has 186 valence electrons. The van der Waals surface area contributed by atoms with E-state index >= 15 is 0 Å². The Kier molecular flexibility index (Phi) is 6.32. The van der Waals surface area contributed by atoms with Gasteiger partial charge in [0.25, 0.3) is 0 Å². The first-order chi connectivity index (χ1) is 17.7. The molecule has 8 heteroatoms. The van der Waals surface area contributed by atoms with E-state index < -0.39 is 0 Å². The number of amides is 2. The normalized spacial score (nSPS) is 22.1. The standard InChI is InChI=1S/C28H33N7O/c36-28(33-24-10-1-2-11-25(24)34-14-3-4-15-34)32-22-9-5-7-20(17-22)21-8-6-16-35(18-21)27-23-12-13-29-26(23)30-19-31-27/h1-2,5,7,9-13,19-21H,3-4,6,8,14-18H2,(H,29,30,31)(H2,32,33,36)/t20?,21-/m1/s1. The summed E-state index contributed by atoms with van der Waals surface area (Å²) in [7, 11) is 0. The minimum atomic E-state index is -0.178. The number of hydrogen-bond acceptors (Lipinski definition) is 5. The predicted molar refractivity (Wildman–Crippen MR) is 144 cm³/mol. The van der Waals surface area contributed by atoms with Crippen LogP contribution >= 0.6 is 0 Å². The smallest absolute Gasteiger partial charge is 0.323 e. The first-order valence-corrected chi connectivity index (χ1v) is 13.1. The molecule has 2 aromatic heterocycles. The highest BCUT2D eigenvalue weighted by atomic mass is 16.2. The molecule has 4 heterocycles. The number of hydrogen-bond donors (Lipinski definition) is 3. The van der Waals surface area contributed by atoms with E-state index in [0.717, 1.165) is 72.9 Å². The molecule has 2 aliphatic heterocycles. The fourth-order valence-corrected chi connectivity index (χ4v) is 5.90. The van der Waals surface area contributed by atoms with Crippen LogP contribution < -0.4 is 20.4 Å². The van der Waals surface area contributed by atoms with E-state index in [2.05, 4.69) is 59.7 Å². The van der Waals surface area contributed by atoms with Crippen LogP contribution in [0.15, 0.2) is 66.8 Å². The van der Waals surface area contributed by atoms with Crippen molar-refractivity contribution < 1.29 is 4.79 Å². The number of fused-ring (bicyclic) bond motifs is 1. The van der Waals surface area contributed by atoms with Crippen LogP contribution in [-0.4, -0.2) is 47.2 Å². The van der Waals surface area contributed by atoms with Gasteiger partial charge in [0, 0.05) is 38.1 Å². The fourth-order valence-electron chi connectivity index (χ4n) is 5.90. The Morgan fingerprint density at radius 1 is 1.00 bits per heavy atom. The van der Waals surface area contributed by atoms with Gasteiger partial charge in [-0.3, -0.25) is 0 Å².